The van der Waals surface area contributed by atoms with Crippen molar-refractivity contribution in [3.8, 4) is 0 Å². The summed E-state index contributed by atoms with van der Waals surface area (Å²) < 4.78 is 0. The van der Waals surface area contributed by atoms with Crippen molar-refractivity contribution in [1.82, 2.24) is 4.90 Å². The second-order valence-corrected chi connectivity index (χ2v) is 5.24. The fraction of sp³-hybridized carbons (Fsp3) is 0.714. The SMILES string of the molecule is CC1=CCCC(CC2CCN(C)CC2)=C1. The van der Waals surface area contributed by atoms with E-state index in [1.165, 1.54) is 50.8 Å². The molecule has 1 aliphatic carbocycles. The van der Waals surface area contributed by atoms with Crippen LogP contribution in [0.25, 0.3) is 0 Å². The van der Waals surface area contributed by atoms with E-state index in [9.17, 15) is 0 Å². The van der Waals surface area contributed by atoms with E-state index < -0.39 is 0 Å². The highest BCUT2D eigenvalue weighted by atomic mass is 15.1. The minimum Gasteiger partial charge on any atom is -0.306 e. The van der Waals surface area contributed by atoms with Crippen molar-refractivity contribution in [3.05, 3.63) is 23.3 Å². The van der Waals surface area contributed by atoms with Gasteiger partial charge >= 0.3 is 0 Å². The maximum atomic E-state index is 2.46. The first-order chi connectivity index (χ1) is 7.24. The number of hydrogen-bond acceptors (Lipinski definition) is 1. The first-order valence-electron chi connectivity index (χ1n) is 6.29. The van der Waals surface area contributed by atoms with E-state index >= 15 is 0 Å². The van der Waals surface area contributed by atoms with Gasteiger partial charge < -0.3 is 4.90 Å². The predicted octanol–water partition coefficient (Wildman–Crippen LogP) is 3.38. The molecule has 0 N–H and O–H groups in total. The molecule has 2 aliphatic rings. The summed E-state index contributed by atoms with van der Waals surface area (Å²) in [7, 11) is 2.24. The van der Waals surface area contributed by atoms with E-state index in [4.69, 9.17) is 0 Å². The standard InChI is InChI=1S/C14H23N/c1-12-4-3-5-14(10-12)11-13-6-8-15(2)9-7-13/h4,10,13H,3,5-9,11H2,1-2H3. The summed E-state index contributed by atoms with van der Waals surface area (Å²) in [5, 5.41) is 0. The molecule has 2 rings (SSSR count). The van der Waals surface area contributed by atoms with Gasteiger partial charge in [0.1, 0.15) is 0 Å². The second kappa shape index (κ2) is 4.98. The number of piperidine rings is 1. The number of hydrogen-bond donors (Lipinski definition) is 0. The van der Waals surface area contributed by atoms with Crippen LogP contribution in [0.2, 0.25) is 0 Å². The van der Waals surface area contributed by atoms with E-state index in [-0.39, 0.29) is 0 Å². The highest BCUT2D eigenvalue weighted by Gasteiger charge is 2.18. The van der Waals surface area contributed by atoms with Gasteiger partial charge in [-0.15, -0.1) is 0 Å². The van der Waals surface area contributed by atoms with Gasteiger partial charge in [0.25, 0.3) is 0 Å². The van der Waals surface area contributed by atoms with E-state index in [2.05, 4.69) is 31.0 Å². The molecular weight excluding hydrogens is 182 g/mol. The van der Waals surface area contributed by atoms with Crippen molar-refractivity contribution < 1.29 is 0 Å². The van der Waals surface area contributed by atoms with Gasteiger partial charge in [-0.3, -0.25) is 0 Å². The van der Waals surface area contributed by atoms with Crippen LogP contribution in [-0.4, -0.2) is 25.0 Å². The summed E-state index contributed by atoms with van der Waals surface area (Å²) >= 11 is 0. The van der Waals surface area contributed by atoms with E-state index in [1.807, 2.05) is 0 Å². The Morgan fingerprint density at radius 1 is 1.33 bits per heavy atom. The molecule has 0 atom stereocenters. The van der Waals surface area contributed by atoms with Gasteiger partial charge in [-0.2, -0.15) is 0 Å². The zero-order chi connectivity index (χ0) is 10.7. The summed E-state index contributed by atoms with van der Waals surface area (Å²) in [6.45, 7) is 4.83. The lowest BCUT2D eigenvalue weighted by atomic mass is 9.86. The molecule has 0 aromatic heterocycles. The Hall–Kier alpha value is -0.560. The number of likely N-dealkylation sites (tertiary alicyclic amines) is 1. The van der Waals surface area contributed by atoms with E-state index in [0.29, 0.717) is 0 Å². The number of rotatable bonds is 2. The first kappa shape index (κ1) is 10.9. The zero-order valence-electron chi connectivity index (χ0n) is 10.1. The van der Waals surface area contributed by atoms with Crippen molar-refractivity contribution in [2.75, 3.05) is 20.1 Å². The molecule has 1 saturated heterocycles. The van der Waals surface area contributed by atoms with Crippen molar-refractivity contribution >= 4 is 0 Å². The quantitative estimate of drug-likeness (QED) is 0.668. The topological polar surface area (TPSA) is 3.24 Å². The molecule has 0 saturated carbocycles. The molecule has 0 amide bonds. The molecule has 84 valence electrons. The molecule has 0 unspecified atom stereocenters. The maximum Gasteiger partial charge on any atom is -0.00190 e. The summed E-state index contributed by atoms with van der Waals surface area (Å²) in [5.74, 6) is 0.957. The molecule has 1 nitrogen and oxygen atoms in total. The van der Waals surface area contributed by atoms with Gasteiger partial charge in [-0.1, -0.05) is 23.3 Å². The average molecular weight is 205 g/mol. The second-order valence-electron chi connectivity index (χ2n) is 5.24. The molecule has 15 heavy (non-hydrogen) atoms. The Morgan fingerprint density at radius 2 is 2.07 bits per heavy atom. The van der Waals surface area contributed by atoms with Crippen LogP contribution in [0.15, 0.2) is 23.3 Å². The van der Waals surface area contributed by atoms with Gasteiger partial charge in [0.15, 0.2) is 0 Å². The minimum absolute atomic E-state index is 0.957. The molecule has 1 heteroatoms. The Kier molecular flexibility index (Phi) is 3.63. The molecule has 1 aliphatic heterocycles. The number of allylic oxidation sites excluding steroid dienone is 4. The van der Waals surface area contributed by atoms with Crippen LogP contribution in [0.4, 0.5) is 0 Å². The Labute approximate surface area is 93.9 Å². The van der Waals surface area contributed by atoms with Crippen LogP contribution in [0, 0.1) is 5.92 Å². The Bertz CT molecular complexity index is 267. The summed E-state index contributed by atoms with van der Waals surface area (Å²) in [5.41, 5.74) is 3.17. The Morgan fingerprint density at radius 3 is 2.73 bits per heavy atom. The lowest BCUT2D eigenvalue weighted by Gasteiger charge is -2.30. The minimum atomic E-state index is 0.957. The summed E-state index contributed by atoms with van der Waals surface area (Å²) in [6.07, 6.45) is 11.5. The van der Waals surface area contributed by atoms with Crippen molar-refractivity contribution in [2.24, 2.45) is 5.92 Å². The maximum absolute atomic E-state index is 2.46. The molecular formula is C14H23N. The first-order valence-corrected chi connectivity index (χ1v) is 6.29. The molecule has 0 aromatic rings. The van der Waals surface area contributed by atoms with Gasteiger partial charge in [0.05, 0.1) is 0 Å². The predicted molar refractivity (Wildman–Crippen MR) is 65.9 cm³/mol. The largest absolute Gasteiger partial charge is 0.306 e. The highest BCUT2D eigenvalue weighted by molar-refractivity contribution is 5.26. The van der Waals surface area contributed by atoms with E-state index in [0.717, 1.165) is 5.92 Å². The Balaban J connectivity index is 1.84. The third kappa shape index (κ3) is 3.20. The fourth-order valence-electron chi connectivity index (χ4n) is 2.74. The highest BCUT2D eigenvalue weighted by Crippen LogP contribution is 2.28. The van der Waals surface area contributed by atoms with Crippen LogP contribution in [-0.2, 0) is 0 Å². The zero-order valence-corrected chi connectivity index (χ0v) is 10.1. The van der Waals surface area contributed by atoms with Crippen LogP contribution in [0.5, 0.6) is 0 Å². The molecule has 0 aromatic carbocycles. The smallest absolute Gasteiger partial charge is 0.00190 e. The normalized spacial score (nSPS) is 24.9. The van der Waals surface area contributed by atoms with Crippen LogP contribution in [0.1, 0.15) is 39.0 Å². The van der Waals surface area contributed by atoms with Gasteiger partial charge in [-0.25, -0.2) is 0 Å². The molecule has 1 heterocycles. The summed E-state index contributed by atoms with van der Waals surface area (Å²) in [6, 6.07) is 0. The summed E-state index contributed by atoms with van der Waals surface area (Å²) in [4.78, 5) is 2.46. The van der Waals surface area contributed by atoms with Gasteiger partial charge in [0.2, 0.25) is 0 Å². The average Bonchev–Trinajstić information content (AvgIpc) is 2.22. The lowest BCUT2D eigenvalue weighted by Crippen LogP contribution is -2.30. The number of nitrogens with zero attached hydrogens (tertiary/aromatic N) is 1. The molecule has 0 bridgehead atoms. The molecule has 1 fully saturated rings. The van der Waals surface area contributed by atoms with Crippen LogP contribution < -0.4 is 0 Å². The van der Waals surface area contributed by atoms with E-state index in [1.54, 1.807) is 5.57 Å². The fourth-order valence-corrected chi connectivity index (χ4v) is 2.74. The van der Waals surface area contributed by atoms with Crippen LogP contribution >= 0.6 is 0 Å². The lowest BCUT2D eigenvalue weighted by molar-refractivity contribution is 0.218. The van der Waals surface area contributed by atoms with Crippen molar-refractivity contribution in [2.45, 2.75) is 39.0 Å². The third-order valence-corrected chi connectivity index (χ3v) is 3.75. The van der Waals surface area contributed by atoms with Gasteiger partial charge in [-0.05, 0) is 65.1 Å². The molecule has 0 spiro atoms. The molecule has 0 radical (unpaired) electrons. The van der Waals surface area contributed by atoms with Crippen molar-refractivity contribution in [3.63, 3.8) is 0 Å². The third-order valence-electron chi connectivity index (χ3n) is 3.75. The van der Waals surface area contributed by atoms with Crippen LogP contribution in [0.3, 0.4) is 0 Å². The van der Waals surface area contributed by atoms with Crippen molar-refractivity contribution in [1.29, 1.82) is 0 Å². The monoisotopic (exact) mass is 205 g/mol. The van der Waals surface area contributed by atoms with Gasteiger partial charge in [0, 0.05) is 0 Å².